The summed E-state index contributed by atoms with van der Waals surface area (Å²) in [6, 6.07) is 2.79. The first kappa shape index (κ1) is 13.4. The number of benzene rings is 1. The Labute approximate surface area is 106 Å². The minimum absolute atomic E-state index is 0.298. The van der Waals surface area contributed by atoms with E-state index in [1.807, 2.05) is 0 Å². The lowest BCUT2D eigenvalue weighted by Gasteiger charge is -2.17. The van der Waals surface area contributed by atoms with E-state index in [9.17, 15) is 8.78 Å². The van der Waals surface area contributed by atoms with E-state index >= 15 is 0 Å². The molecule has 1 heterocycles. The lowest BCUT2D eigenvalue weighted by Crippen LogP contribution is -2.32. The summed E-state index contributed by atoms with van der Waals surface area (Å²) in [5.74, 6) is -0.434. The van der Waals surface area contributed by atoms with Gasteiger partial charge in [0, 0.05) is 18.2 Å². The number of halogens is 2. The summed E-state index contributed by atoms with van der Waals surface area (Å²) in [6.07, 6.45) is -0.424. The average Bonchev–Trinajstić information content (AvgIpc) is 2.48. The van der Waals surface area contributed by atoms with E-state index < -0.39 is 11.9 Å². The van der Waals surface area contributed by atoms with Gasteiger partial charge in [-0.2, -0.15) is 0 Å². The zero-order valence-electron chi connectivity index (χ0n) is 11.0. The van der Waals surface area contributed by atoms with Gasteiger partial charge in [-0.25, -0.2) is 8.78 Å². The molecule has 0 bridgehead atoms. The van der Waals surface area contributed by atoms with Crippen LogP contribution in [-0.4, -0.2) is 19.2 Å². The summed E-state index contributed by atoms with van der Waals surface area (Å²) >= 11 is 0. The van der Waals surface area contributed by atoms with Crippen LogP contribution in [0.3, 0.4) is 0 Å². The van der Waals surface area contributed by atoms with Crippen LogP contribution >= 0.6 is 0 Å². The molecule has 1 saturated heterocycles. The molecule has 1 aliphatic rings. The van der Waals surface area contributed by atoms with Gasteiger partial charge in [0.2, 0.25) is 0 Å². The van der Waals surface area contributed by atoms with E-state index in [-0.39, 0.29) is 5.82 Å². The smallest absolute Gasteiger partial charge is 0.129 e. The van der Waals surface area contributed by atoms with Crippen molar-refractivity contribution in [3.63, 3.8) is 0 Å². The Balaban J connectivity index is 2.23. The third-order valence-electron chi connectivity index (χ3n) is 3.66. The van der Waals surface area contributed by atoms with E-state index in [0.717, 1.165) is 0 Å². The van der Waals surface area contributed by atoms with Crippen LogP contribution in [0, 0.1) is 24.5 Å². The Morgan fingerprint density at radius 3 is 2.67 bits per heavy atom. The SMILES string of the molecule is Cc1cc(F)c(C2CNC(C)C(C)CO2)cc1F. The highest BCUT2D eigenvalue weighted by molar-refractivity contribution is 5.27. The van der Waals surface area contributed by atoms with Crippen molar-refractivity contribution < 1.29 is 13.5 Å². The molecule has 0 aromatic heterocycles. The van der Waals surface area contributed by atoms with Crippen LogP contribution in [0.25, 0.3) is 0 Å². The molecule has 1 aliphatic heterocycles. The van der Waals surface area contributed by atoms with Gasteiger partial charge >= 0.3 is 0 Å². The van der Waals surface area contributed by atoms with E-state index in [2.05, 4.69) is 19.2 Å². The van der Waals surface area contributed by atoms with Crippen molar-refractivity contribution in [2.24, 2.45) is 5.92 Å². The molecule has 1 fully saturated rings. The molecule has 18 heavy (non-hydrogen) atoms. The second-order valence-electron chi connectivity index (χ2n) is 5.12. The largest absolute Gasteiger partial charge is 0.372 e. The van der Waals surface area contributed by atoms with Crippen molar-refractivity contribution in [3.05, 3.63) is 34.9 Å². The van der Waals surface area contributed by atoms with Crippen molar-refractivity contribution in [1.29, 1.82) is 0 Å². The highest BCUT2D eigenvalue weighted by atomic mass is 19.1. The highest BCUT2D eigenvalue weighted by Crippen LogP contribution is 2.26. The van der Waals surface area contributed by atoms with Gasteiger partial charge in [-0.15, -0.1) is 0 Å². The summed E-state index contributed by atoms with van der Waals surface area (Å²) < 4.78 is 33.1. The van der Waals surface area contributed by atoms with Crippen LogP contribution in [-0.2, 0) is 4.74 Å². The van der Waals surface area contributed by atoms with Gasteiger partial charge in [-0.3, -0.25) is 0 Å². The fraction of sp³-hybridized carbons (Fsp3) is 0.571. The number of aryl methyl sites for hydroxylation is 1. The molecule has 100 valence electrons. The fourth-order valence-corrected chi connectivity index (χ4v) is 2.07. The molecule has 3 atom stereocenters. The molecular formula is C14H19F2NO. The van der Waals surface area contributed by atoms with Crippen LogP contribution in [0.5, 0.6) is 0 Å². The number of hydrogen-bond donors (Lipinski definition) is 1. The molecule has 1 N–H and O–H groups in total. The standard InChI is InChI=1S/C14H19F2NO/c1-8-4-13(16)11(5-12(8)15)14-6-17-10(3)9(2)7-18-14/h4-5,9-10,14,17H,6-7H2,1-3H3. The third kappa shape index (κ3) is 2.70. The molecule has 1 aromatic rings. The van der Waals surface area contributed by atoms with Gasteiger partial charge in [0.25, 0.3) is 0 Å². The molecule has 1 aromatic carbocycles. The quantitative estimate of drug-likeness (QED) is 0.833. The molecular weight excluding hydrogens is 236 g/mol. The van der Waals surface area contributed by atoms with Crippen molar-refractivity contribution in [2.45, 2.75) is 32.9 Å². The maximum atomic E-state index is 13.9. The van der Waals surface area contributed by atoms with Gasteiger partial charge < -0.3 is 10.1 Å². The highest BCUT2D eigenvalue weighted by Gasteiger charge is 2.25. The van der Waals surface area contributed by atoms with Crippen LogP contribution in [0.4, 0.5) is 8.78 Å². The minimum Gasteiger partial charge on any atom is -0.372 e. The molecule has 0 saturated carbocycles. The molecule has 0 aliphatic carbocycles. The number of nitrogens with one attached hydrogen (secondary N) is 1. The first-order valence-corrected chi connectivity index (χ1v) is 6.29. The predicted molar refractivity (Wildman–Crippen MR) is 66.4 cm³/mol. The molecule has 0 radical (unpaired) electrons. The summed E-state index contributed by atoms with van der Waals surface area (Å²) in [5, 5.41) is 3.29. The van der Waals surface area contributed by atoms with E-state index in [1.54, 1.807) is 6.92 Å². The topological polar surface area (TPSA) is 21.3 Å². The van der Waals surface area contributed by atoms with Gasteiger partial charge in [0.05, 0.1) is 12.7 Å². The third-order valence-corrected chi connectivity index (χ3v) is 3.66. The Hall–Kier alpha value is -1.00. The van der Waals surface area contributed by atoms with Gasteiger partial charge in [0.1, 0.15) is 11.6 Å². The Bertz CT molecular complexity index is 424. The monoisotopic (exact) mass is 255 g/mol. The average molecular weight is 255 g/mol. The van der Waals surface area contributed by atoms with Crippen LogP contribution in [0.2, 0.25) is 0 Å². The minimum atomic E-state index is -0.424. The van der Waals surface area contributed by atoms with E-state index in [0.29, 0.717) is 36.2 Å². The van der Waals surface area contributed by atoms with Crippen molar-refractivity contribution in [3.8, 4) is 0 Å². The lowest BCUT2D eigenvalue weighted by molar-refractivity contribution is 0.0472. The number of rotatable bonds is 1. The zero-order chi connectivity index (χ0) is 13.3. The molecule has 2 nitrogen and oxygen atoms in total. The Morgan fingerprint density at radius 2 is 1.94 bits per heavy atom. The number of ether oxygens (including phenoxy) is 1. The Morgan fingerprint density at radius 1 is 1.22 bits per heavy atom. The first-order valence-electron chi connectivity index (χ1n) is 6.29. The summed E-state index contributed by atoms with van der Waals surface area (Å²) in [7, 11) is 0. The van der Waals surface area contributed by atoms with Gasteiger partial charge in [-0.1, -0.05) is 6.92 Å². The summed E-state index contributed by atoms with van der Waals surface area (Å²) in [4.78, 5) is 0. The summed E-state index contributed by atoms with van der Waals surface area (Å²) in [5.41, 5.74) is 0.617. The molecule has 4 heteroatoms. The molecule has 3 unspecified atom stereocenters. The molecule has 2 rings (SSSR count). The lowest BCUT2D eigenvalue weighted by atomic mass is 10.1. The zero-order valence-corrected chi connectivity index (χ0v) is 11.0. The molecule has 0 spiro atoms. The van der Waals surface area contributed by atoms with Gasteiger partial charge in [0.15, 0.2) is 0 Å². The summed E-state index contributed by atoms with van der Waals surface area (Å²) in [6.45, 7) is 6.76. The van der Waals surface area contributed by atoms with E-state index in [1.165, 1.54) is 12.1 Å². The normalized spacial score (nSPS) is 29.1. The second kappa shape index (κ2) is 5.33. The maximum Gasteiger partial charge on any atom is 0.129 e. The maximum absolute atomic E-state index is 13.9. The van der Waals surface area contributed by atoms with Crippen LogP contribution in [0.15, 0.2) is 12.1 Å². The predicted octanol–water partition coefficient (Wildman–Crippen LogP) is 2.96. The fourth-order valence-electron chi connectivity index (χ4n) is 2.07. The first-order chi connectivity index (χ1) is 8.49. The van der Waals surface area contributed by atoms with Crippen LogP contribution in [0.1, 0.15) is 31.1 Å². The van der Waals surface area contributed by atoms with Crippen molar-refractivity contribution >= 4 is 0 Å². The Kier molecular flexibility index (Phi) is 3.97. The number of hydrogen-bond acceptors (Lipinski definition) is 2. The van der Waals surface area contributed by atoms with Crippen LogP contribution < -0.4 is 5.32 Å². The van der Waals surface area contributed by atoms with Crippen molar-refractivity contribution in [1.82, 2.24) is 5.32 Å². The van der Waals surface area contributed by atoms with Gasteiger partial charge in [-0.05, 0) is 37.5 Å². The second-order valence-corrected chi connectivity index (χ2v) is 5.12. The molecule has 0 amide bonds. The van der Waals surface area contributed by atoms with E-state index in [4.69, 9.17) is 4.74 Å². The van der Waals surface area contributed by atoms with Crippen molar-refractivity contribution in [2.75, 3.05) is 13.2 Å².